The molecule has 480 valence electrons. The molecule has 0 amide bonds. The molecule has 0 saturated heterocycles. The predicted octanol–water partition coefficient (Wildman–Crippen LogP) is 5.70. The first-order valence-electron chi connectivity index (χ1n) is 36.1. The lowest BCUT2D eigenvalue weighted by atomic mass is 9.32. The first-order valence-corrected chi connectivity index (χ1v) is 36.1. The van der Waals surface area contributed by atoms with Crippen LogP contribution >= 0.6 is 0 Å². The van der Waals surface area contributed by atoms with Crippen LogP contribution in [0.15, 0.2) is 187 Å². The maximum atomic E-state index is 11.1. The monoisotopic (exact) mass is 1300 g/mol. The second-order valence-electron chi connectivity index (χ2n) is 32.4. The molecular formula is C86H78B9N5O. The Balaban J connectivity index is 0.989. The Kier molecular flexibility index (Phi) is 14.6. The van der Waals surface area contributed by atoms with E-state index in [0.29, 0.717) is 18.4 Å². The molecule has 2 aliphatic heterocycles. The van der Waals surface area contributed by atoms with Crippen molar-refractivity contribution in [2.45, 2.75) is 97.5 Å². The molecule has 101 heavy (non-hydrogen) atoms. The SMILES string of the molecule is Bc1c(B)c(B)c2c(c1B)c1c(B)c(B)c(B)c(B)c1n2-c1ccc2c(c1)OC1CC(c3cc(C#N)ccc3-n3c4c(c5ccccc53)C=CC#CC4)=CC3=C1B2c1ccc(-n2c4ccc(C(C)(C)C)cc4c4cc(C(C)(C)C)ccc42)cc1N3c1ccc(C(C)(C)C)cc1-c1ccccc1. The highest BCUT2D eigenvalue weighted by molar-refractivity contribution is 6.93. The summed E-state index contributed by atoms with van der Waals surface area (Å²) in [5.74, 6) is 7.66. The molecule has 0 N–H and O–H groups in total. The van der Waals surface area contributed by atoms with Crippen molar-refractivity contribution in [2.24, 2.45) is 0 Å². The van der Waals surface area contributed by atoms with Gasteiger partial charge in [-0.25, -0.2) is 0 Å². The lowest BCUT2D eigenvalue weighted by molar-refractivity contribution is 0.246. The molecule has 1 unspecified atom stereocenters. The van der Waals surface area contributed by atoms with Crippen molar-refractivity contribution in [2.75, 3.05) is 4.90 Å². The van der Waals surface area contributed by atoms with E-state index in [1.807, 2.05) is 12.1 Å². The topological polar surface area (TPSA) is 51.1 Å². The molecular weight excluding hydrogens is 1220 g/mol. The molecule has 4 aliphatic rings. The van der Waals surface area contributed by atoms with Gasteiger partial charge in [-0.05, 0) is 168 Å². The number of fused-ring (bicyclic) bond motifs is 13. The number of benzene rings is 10. The molecule has 3 aromatic heterocycles. The third kappa shape index (κ3) is 9.72. The zero-order chi connectivity index (χ0) is 70.4. The third-order valence-corrected chi connectivity index (χ3v) is 23.7. The number of para-hydroxylation sites is 1. The van der Waals surface area contributed by atoms with Crippen LogP contribution in [-0.4, -0.2) is 89.3 Å². The molecule has 0 radical (unpaired) electrons. The Morgan fingerprint density at radius 2 is 1.07 bits per heavy atom. The van der Waals surface area contributed by atoms with Gasteiger partial charge in [0.2, 0.25) is 0 Å². The third-order valence-electron chi connectivity index (χ3n) is 23.7. The van der Waals surface area contributed by atoms with Gasteiger partial charge < -0.3 is 23.3 Å². The summed E-state index contributed by atoms with van der Waals surface area (Å²) >= 11 is 0. The zero-order valence-corrected chi connectivity index (χ0v) is 61.5. The molecule has 15 heteroatoms. The number of rotatable bonds is 6. The molecule has 10 aromatic carbocycles. The second kappa shape index (κ2) is 22.9. The number of allylic oxidation sites excluding steroid dienone is 2. The van der Waals surface area contributed by atoms with E-state index in [9.17, 15) is 5.26 Å². The number of hydrogen-bond acceptors (Lipinski definition) is 3. The van der Waals surface area contributed by atoms with Crippen molar-refractivity contribution < 1.29 is 4.74 Å². The van der Waals surface area contributed by atoms with Crippen molar-refractivity contribution in [3.05, 3.63) is 226 Å². The minimum absolute atomic E-state index is 0.0566. The fourth-order valence-corrected chi connectivity index (χ4v) is 17.5. The molecule has 1 atom stereocenters. The lowest BCUT2D eigenvalue weighted by Gasteiger charge is -2.46. The number of anilines is 2. The van der Waals surface area contributed by atoms with Gasteiger partial charge in [-0.2, -0.15) is 5.26 Å². The highest BCUT2D eigenvalue weighted by Crippen LogP contribution is 2.51. The van der Waals surface area contributed by atoms with Crippen LogP contribution in [-0.2, 0) is 22.7 Å². The number of hydrogen-bond donors (Lipinski definition) is 0. The van der Waals surface area contributed by atoms with Crippen LogP contribution in [0.2, 0.25) is 0 Å². The van der Waals surface area contributed by atoms with E-state index >= 15 is 0 Å². The van der Waals surface area contributed by atoms with E-state index in [-0.39, 0.29) is 23.0 Å². The summed E-state index contributed by atoms with van der Waals surface area (Å²) in [6.07, 6.45) is 7.34. The summed E-state index contributed by atoms with van der Waals surface area (Å²) in [6.45, 7) is 20.7. The average molecular weight is 1290 g/mol. The van der Waals surface area contributed by atoms with E-state index in [1.54, 1.807) is 0 Å². The van der Waals surface area contributed by atoms with E-state index in [2.05, 4.69) is 331 Å². The summed E-state index contributed by atoms with van der Waals surface area (Å²) in [5, 5.41) is 17.4. The van der Waals surface area contributed by atoms with Gasteiger partial charge >= 0.3 is 0 Å². The van der Waals surface area contributed by atoms with Crippen LogP contribution in [0.25, 0.3) is 94.4 Å². The predicted molar refractivity (Wildman–Crippen MR) is 455 cm³/mol. The Morgan fingerprint density at radius 3 is 1.70 bits per heavy atom. The minimum atomic E-state index is -0.430. The summed E-state index contributed by atoms with van der Waals surface area (Å²) in [6, 6.07) is 64.6. The van der Waals surface area contributed by atoms with Gasteiger partial charge in [0.15, 0.2) is 0 Å². The zero-order valence-electron chi connectivity index (χ0n) is 61.5. The summed E-state index contributed by atoms with van der Waals surface area (Å²) < 4.78 is 15.6. The Morgan fingerprint density at radius 1 is 0.505 bits per heavy atom. The summed E-state index contributed by atoms with van der Waals surface area (Å²) in [5.41, 5.74) is 37.4. The van der Waals surface area contributed by atoms with Crippen LogP contribution in [0.5, 0.6) is 5.75 Å². The van der Waals surface area contributed by atoms with Gasteiger partial charge in [0, 0.05) is 84.8 Å². The maximum absolute atomic E-state index is 11.1. The van der Waals surface area contributed by atoms with Crippen LogP contribution in [0, 0.1) is 23.2 Å². The van der Waals surface area contributed by atoms with Gasteiger partial charge in [-0.3, -0.25) is 0 Å². The van der Waals surface area contributed by atoms with E-state index in [0.717, 1.165) is 89.8 Å². The summed E-state index contributed by atoms with van der Waals surface area (Å²) in [4.78, 5) is 2.60. The van der Waals surface area contributed by atoms with Gasteiger partial charge in [0.25, 0.3) is 6.71 Å². The first-order chi connectivity index (χ1) is 48.3. The fourth-order valence-electron chi connectivity index (χ4n) is 17.5. The number of ether oxygens (including phenoxy) is 1. The highest BCUT2D eigenvalue weighted by Gasteiger charge is 2.48. The average Bonchev–Trinajstić information content (AvgIpc) is 1.70. The molecule has 2 aliphatic carbocycles. The van der Waals surface area contributed by atoms with E-state index < -0.39 is 6.10 Å². The van der Waals surface area contributed by atoms with Gasteiger partial charge in [-0.1, -0.05) is 186 Å². The second-order valence-corrected chi connectivity index (χ2v) is 32.4. The number of nitriles is 1. The Labute approximate surface area is 601 Å². The molecule has 0 fully saturated rings. The van der Waals surface area contributed by atoms with E-state index in [1.165, 1.54) is 115 Å². The van der Waals surface area contributed by atoms with Crippen molar-refractivity contribution in [1.82, 2.24) is 13.7 Å². The van der Waals surface area contributed by atoms with Crippen LogP contribution < -0.4 is 64.3 Å². The largest absolute Gasteiger partial charge is 0.487 e. The first kappa shape index (κ1) is 64.2. The Hall–Kier alpha value is -10.2. The van der Waals surface area contributed by atoms with Crippen LogP contribution in [0.3, 0.4) is 0 Å². The van der Waals surface area contributed by atoms with Gasteiger partial charge in [0.05, 0.1) is 46.0 Å². The highest BCUT2D eigenvalue weighted by atomic mass is 16.5. The van der Waals surface area contributed by atoms with Crippen molar-refractivity contribution in [1.29, 1.82) is 5.26 Å². The van der Waals surface area contributed by atoms with Crippen LogP contribution in [0.1, 0.15) is 108 Å². The minimum Gasteiger partial charge on any atom is -0.487 e. The maximum Gasteiger partial charge on any atom is 0.251 e. The van der Waals surface area contributed by atoms with Crippen molar-refractivity contribution in [3.8, 4) is 51.8 Å². The molecule has 17 rings (SSSR count). The Bertz CT molecular complexity index is 5930. The van der Waals surface area contributed by atoms with Crippen LogP contribution in [0.4, 0.5) is 11.4 Å². The standard InChI is InChI=1S/C86H78B9N5O/c1-84(2,3)48-25-33-64(56(39-48)46-18-12-10-13-19-46)100-67-42-51(97-65-34-26-49(85(4,5)6)40-57(65)58-41-50(86(7,8)9)27-35-66(58)97)28-30-59(67)95-60-31-29-52(98-82-71(73(87)75(89)77(91)79(82)93)72-74(88)76(90)78(92)80(94)83(72)98)43-69(60)101-70-38-47(37-68(100)81(70)95)55-36-45(44-96)24-32-63(55)99-61-22-15-11-14-20-53(61)54-21-16-17-23-62(54)99/h10,12-14,16-21,23-37,39-43,70H,22,38,87-94H2,1-9H3. The summed E-state index contributed by atoms with van der Waals surface area (Å²) in [7, 11) is 18.5. The van der Waals surface area contributed by atoms with Crippen molar-refractivity contribution >= 4 is 202 Å². The molecule has 0 spiro atoms. The van der Waals surface area contributed by atoms with E-state index in [4.69, 9.17) is 4.74 Å². The molecule has 0 bridgehead atoms. The fraction of sp³-hybridized carbons (Fsp3) is 0.174. The molecule has 6 nitrogen and oxygen atoms in total. The van der Waals surface area contributed by atoms with Gasteiger partial charge in [0.1, 0.15) is 74.6 Å². The molecule has 13 aromatic rings. The van der Waals surface area contributed by atoms with Gasteiger partial charge in [-0.15, -0.1) is 10.9 Å². The molecule has 0 saturated carbocycles. The molecule has 5 heterocycles. The quantitative estimate of drug-likeness (QED) is 0.159. The number of nitrogens with zero attached hydrogens (tertiary/aromatic N) is 5. The normalized spacial score (nSPS) is 14.9. The van der Waals surface area contributed by atoms with Crippen molar-refractivity contribution in [3.63, 3.8) is 0 Å². The smallest absolute Gasteiger partial charge is 0.251 e. The lowest BCUT2D eigenvalue weighted by Crippen LogP contribution is -2.58. The number of aromatic nitrogens is 3.